The van der Waals surface area contributed by atoms with E-state index in [9.17, 15) is 17.6 Å². The maximum absolute atomic E-state index is 14.4. The van der Waals surface area contributed by atoms with Gasteiger partial charge >= 0.3 is 6.18 Å². The van der Waals surface area contributed by atoms with Gasteiger partial charge in [0, 0.05) is 23.6 Å². The molecule has 0 atom stereocenters. The second-order valence-corrected chi connectivity index (χ2v) is 5.40. The van der Waals surface area contributed by atoms with Gasteiger partial charge in [-0.25, -0.2) is 4.39 Å². The first kappa shape index (κ1) is 16.9. The number of aromatic nitrogens is 1. The predicted molar refractivity (Wildman–Crippen MR) is 87.6 cm³/mol. The van der Waals surface area contributed by atoms with Crippen molar-refractivity contribution in [3.05, 3.63) is 77.2 Å². The van der Waals surface area contributed by atoms with Crippen LogP contribution in [-0.4, -0.2) is 10.7 Å². The van der Waals surface area contributed by atoms with Crippen LogP contribution in [0.5, 0.6) is 0 Å². The Bertz CT molecular complexity index is 943. The van der Waals surface area contributed by atoms with E-state index in [-0.39, 0.29) is 17.7 Å². The number of nitrogens with zero attached hydrogens (tertiary/aromatic N) is 2. The van der Waals surface area contributed by atoms with Gasteiger partial charge in [-0.15, -0.1) is 0 Å². The summed E-state index contributed by atoms with van der Waals surface area (Å²) in [6.07, 6.45) is -3.13. The number of hydrazone groups is 1. The molecule has 0 aliphatic rings. The van der Waals surface area contributed by atoms with Gasteiger partial charge in [0.2, 0.25) is 0 Å². The number of para-hydroxylation sites is 1. The smallest absolute Gasteiger partial charge is 0.323 e. The van der Waals surface area contributed by atoms with E-state index in [0.717, 1.165) is 22.5 Å². The summed E-state index contributed by atoms with van der Waals surface area (Å²) in [6, 6.07) is 12.0. The zero-order chi connectivity index (χ0) is 18.0. The maximum Gasteiger partial charge on any atom is 0.419 e. The van der Waals surface area contributed by atoms with Gasteiger partial charge in [-0.2, -0.15) is 18.3 Å². The first-order valence-corrected chi connectivity index (χ1v) is 7.37. The van der Waals surface area contributed by atoms with E-state index in [1.807, 2.05) is 24.3 Å². The quantitative estimate of drug-likeness (QED) is 0.332. The normalized spacial score (nSPS) is 12.6. The van der Waals surface area contributed by atoms with E-state index in [4.69, 9.17) is 5.84 Å². The second kappa shape index (κ2) is 6.51. The summed E-state index contributed by atoms with van der Waals surface area (Å²) in [5, 5.41) is 4.34. The lowest BCUT2D eigenvalue weighted by Crippen LogP contribution is -2.15. The monoisotopic (exact) mass is 347 g/mol. The van der Waals surface area contributed by atoms with Crippen molar-refractivity contribution in [1.29, 1.82) is 0 Å². The molecule has 3 nitrogen and oxygen atoms in total. The molecule has 0 spiro atoms. The Labute approximate surface area is 140 Å². The zero-order valence-corrected chi connectivity index (χ0v) is 12.9. The number of hydrogen-bond donors (Lipinski definition) is 1. The van der Waals surface area contributed by atoms with Crippen LogP contribution in [-0.2, 0) is 12.6 Å². The van der Waals surface area contributed by atoms with E-state index in [0.29, 0.717) is 6.07 Å². The standard InChI is InChI=1S/C18H13F4N3/c19-17-13(5-3-6-14(17)18(20,21)22)16(25-23)10-11-8-9-24-15-7-2-1-4-12(11)15/h1-9H,10,23H2/b25-16-. The van der Waals surface area contributed by atoms with Crippen molar-refractivity contribution in [2.75, 3.05) is 0 Å². The van der Waals surface area contributed by atoms with Crippen molar-refractivity contribution in [2.45, 2.75) is 12.6 Å². The average molecular weight is 347 g/mol. The number of fused-ring (bicyclic) bond motifs is 1. The Morgan fingerprint density at radius 2 is 1.80 bits per heavy atom. The summed E-state index contributed by atoms with van der Waals surface area (Å²) >= 11 is 0. The molecule has 3 aromatic rings. The minimum absolute atomic E-state index is 0.0277. The van der Waals surface area contributed by atoms with Crippen molar-refractivity contribution in [2.24, 2.45) is 10.9 Å². The third-order valence-electron chi connectivity index (χ3n) is 3.87. The molecular formula is C18H13F4N3. The van der Waals surface area contributed by atoms with Crippen LogP contribution in [0, 0.1) is 5.82 Å². The number of pyridine rings is 1. The molecule has 128 valence electrons. The molecule has 0 saturated heterocycles. The summed E-state index contributed by atoms with van der Waals surface area (Å²) in [4.78, 5) is 4.22. The second-order valence-electron chi connectivity index (χ2n) is 5.40. The molecule has 3 rings (SSSR count). The third kappa shape index (κ3) is 3.31. The molecule has 25 heavy (non-hydrogen) atoms. The number of halogens is 4. The Balaban J connectivity index is 2.05. The molecule has 2 N–H and O–H groups in total. The fourth-order valence-corrected chi connectivity index (χ4v) is 2.67. The molecule has 1 heterocycles. The van der Waals surface area contributed by atoms with E-state index in [1.165, 1.54) is 6.07 Å². The van der Waals surface area contributed by atoms with Gasteiger partial charge in [0.15, 0.2) is 0 Å². The van der Waals surface area contributed by atoms with E-state index >= 15 is 0 Å². The van der Waals surface area contributed by atoms with Gasteiger partial charge in [-0.1, -0.05) is 30.3 Å². The highest BCUT2D eigenvalue weighted by atomic mass is 19.4. The maximum atomic E-state index is 14.4. The summed E-state index contributed by atoms with van der Waals surface area (Å²) in [7, 11) is 0. The van der Waals surface area contributed by atoms with Crippen LogP contribution in [0.2, 0.25) is 0 Å². The molecule has 2 aromatic carbocycles. The van der Waals surface area contributed by atoms with E-state index in [2.05, 4.69) is 10.1 Å². The first-order valence-electron chi connectivity index (χ1n) is 7.37. The number of alkyl halides is 3. The van der Waals surface area contributed by atoms with Crippen LogP contribution in [0.4, 0.5) is 17.6 Å². The molecule has 0 aliphatic carbocycles. The van der Waals surface area contributed by atoms with Gasteiger partial charge in [0.05, 0.1) is 16.8 Å². The van der Waals surface area contributed by atoms with Crippen LogP contribution in [0.15, 0.2) is 59.8 Å². The van der Waals surface area contributed by atoms with Crippen molar-refractivity contribution in [3.8, 4) is 0 Å². The van der Waals surface area contributed by atoms with Gasteiger partial charge < -0.3 is 5.84 Å². The van der Waals surface area contributed by atoms with Crippen LogP contribution in [0.25, 0.3) is 10.9 Å². The molecule has 0 saturated carbocycles. The zero-order valence-electron chi connectivity index (χ0n) is 12.9. The molecule has 0 bridgehead atoms. The third-order valence-corrected chi connectivity index (χ3v) is 3.87. The molecule has 0 radical (unpaired) electrons. The molecule has 0 unspecified atom stereocenters. The highest BCUT2D eigenvalue weighted by Gasteiger charge is 2.35. The molecule has 7 heteroatoms. The van der Waals surface area contributed by atoms with Crippen LogP contribution >= 0.6 is 0 Å². The van der Waals surface area contributed by atoms with Gasteiger partial charge in [-0.3, -0.25) is 4.98 Å². The highest BCUT2D eigenvalue weighted by Crippen LogP contribution is 2.33. The average Bonchev–Trinajstić information content (AvgIpc) is 2.59. The predicted octanol–water partition coefficient (Wildman–Crippen LogP) is 4.30. The molecule has 0 aliphatic heterocycles. The number of benzene rings is 2. The lowest BCUT2D eigenvalue weighted by atomic mass is 9.97. The Morgan fingerprint density at radius 3 is 2.52 bits per heavy atom. The summed E-state index contributed by atoms with van der Waals surface area (Å²) in [5.41, 5.74) is -0.114. The largest absolute Gasteiger partial charge is 0.419 e. The van der Waals surface area contributed by atoms with Gasteiger partial charge in [-0.05, 0) is 23.8 Å². The van der Waals surface area contributed by atoms with Gasteiger partial charge in [0.1, 0.15) is 5.82 Å². The van der Waals surface area contributed by atoms with Gasteiger partial charge in [0.25, 0.3) is 0 Å². The molecule has 0 amide bonds. The highest BCUT2D eigenvalue weighted by molar-refractivity contribution is 6.03. The lowest BCUT2D eigenvalue weighted by molar-refractivity contribution is -0.140. The van der Waals surface area contributed by atoms with Crippen molar-refractivity contribution < 1.29 is 17.6 Å². The van der Waals surface area contributed by atoms with Crippen LogP contribution in [0.1, 0.15) is 16.7 Å². The number of hydrogen-bond acceptors (Lipinski definition) is 3. The van der Waals surface area contributed by atoms with E-state index in [1.54, 1.807) is 12.3 Å². The number of nitrogens with two attached hydrogens (primary N) is 1. The Morgan fingerprint density at radius 1 is 1.04 bits per heavy atom. The summed E-state index contributed by atoms with van der Waals surface area (Å²) in [6.45, 7) is 0. The Hall–Kier alpha value is -2.96. The van der Waals surface area contributed by atoms with Crippen molar-refractivity contribution >= 4 is 16.6 Å². The molecule has 1 aromatic heterocycles. The lowest BCUT2D eigenvalue weighted by Gasteiger charge is -2.13. The number of rotatable bonds is 3. The minimum Gasteiger partial charge on any atom is -0.323 e. The first-order chi connectivity index (χ1) is 11.9. The van der Waals surface area contributed by atoms with Crippen molar-refractivity contribution in [3.63, 3.8) is 0 Å². The summed E-state index contributed by atoms with van der Waals surface area (Å²) < 4.78 is 53.1. The fourth-order valence-electron chi connectivity index (χ4n) is 2.67. The van der Waals surface area contributed by atoms with Crippen LogP contribution in [0.3, 0.4) is 0 Å². The SMILES string of the molecule is N/N=C(/Cc1ccnc2ccccc12)c1cccc(C(F)(F)F)c1F. The Kier molecular flexibility index (Phi) is 4.39. The van der Waals surface area contributed by atoms with Crippen LogP contribution < -0.4 is 5.84 Å². The van der Waals surface area contributed by atoms with E-state index < -0.39 is 17.6 Å². The van der Waals surface area contributed by atoms with Crippen molar-refractivity contribution in [1.82, 2.24) is 4.98 Å². The minimum atomic E-state index is -4.79. The fraction of sp³-hybridized carbons (Fsp3) is 0.111. The molecular weight excluding hydrogens is 334 g/mol. The topological polar surface area (TPSA) is 51.3 Å². The summed E-state index contributed by atoms with van der Waals surface area (Å²) in [5.74, 6) is 3.97. The molecule has 0 fully saturated rings.